The third-order valence-electron chi connectivity index (χ3n) is 0.885. The minimum absolute atomic E-state index is 1.32. The monoisotopic (exact) mass is 156 g/mol. The lowest BCUT2D eigenvalue weighted by Crippen LogP contribution is -1.60. The summed E-state index contributed by atoms with van der Waals surface area (Å²) in [5.74, 6) is 0. The predicted octanol–water partition coefficient (Wildman–Crippen LogP) is 4.58. The molecule has 0 spiro atoms. The average Bonchev–Trinajstić information content (AvgIpc) is 2.12. The van der Waals surface area contributed by atoms with Crippen molar-refractivity contribution in [1.29, 1.82) is 0 Å². The highest BCUT2D eigenvalue weighted by Crippen LogP contribution is 1.91. The molecule has 0 bridgehead atoms. The maximum atomic E-state index is 2.08. The maximum absolute atomic E-state index is 2.08. The molecule has 0 saturated heterocycles. The Labute approximate surface area is 73.0 Å². The van der Waals surface area contributed by atoms with Gasteiger partial charge in [0.1, 0.15) is 0 Å². The Morgan fingerprint density at radius 1 is 0.909 bits per heavy atom. The van der Waals surface area contributed by atoms with Gasteiger partial charge in [0.05, 0.1) is 0 Å². The van der Waals surface area contributed by atoms with Gasteiger partial charge in [-0.25, -0.2) is 0 Å². The molecule has 0 saturated carbocycles. The van der Waals surface area contributed by atoms with Crippen LogP contribution in [0.3, 0.4) is 0 Å². The smallest absolute Gasteiger partial charge is 0.0401 e. The average molecular weight is 156 g/mol. The lowest BCUT2D eigenvalue weighted by molar-refractivity contribution is 1.46. The molecule has 0 unspecified atom stereocenters. The second-order valence-corrected chi connectivity index (χ2v) is 1.53. The van der Waals surface area contributed by atoms with Gasteiger partial charge >= 0.3 is 0 Å². The molecule has 0 aliphatic heterocycles. The highest BCUT2D eigenvalue weighted by atomic mass is 13.8. The van der Waals surface area contributed by atoms with Crippen LogP contribution in [0, 0.1) is 0 Å². The first-order valence-corrected chi connectivity index (χ1v) is 4.57. The van der Waals surface area contributed by atoms with Crippen LogP contribution >= 0.6 is 0 Å². The Bertz CT molecular complexity index is 86.2. The van der Waals surface area contributed by atoms with E-state index < -0.39 is 0 Å². The van der Waals surface area contributed by atoms with Crippen molar-refractivity contribution in [3.63, 3.8) is 0 Å². The van der Waals surface area contributed by atoms with E-state index in [2.05, 4.69) is 19.1 Å². The molecule has 0 atom stereocenters. The Kier molecular flexibility index (Phi) is 34.7. The van der Waals surface area contributed by atoms with Crippen LogP contribution in [0.5, 0.6) is 0 Å². The molecule has 0 N–H and O–H groups in total. The first-order chi connectivity index (χ1) is 5.31. The first-order valence-electron chi connectivity index (χ1n) is 4.57. The van der Waals surface area contributed by atoms with Crippen molar-refractivity contribution in [2.24, 2.45) is 0 Å². The van der Waals surface area contributed by atoms with Gasteiger partial charge in [0.25, 0.3) is 0 Å². The fraction of sp³-hybridized carbons (Fsp3) is 0.636. The minimum atomic E-state index is 1.32. The van der Waals surface area contributed by atoms with Crippen molar-refractivity contribution in [2.45, 2.75) is 48.5 Å². The molecule has 0 aliphatic rings. The summed E-state index contributed by atoms with van der Waals surface area (Å²) < 4.78 is 0. The van der Waals surface area contributed by atoms with Gasteiger partial charge in [-0.1, -0.05) is 51.5 Å². The van der Waals surface area contributed by atoms with Gasteiger partial charge in [-0.05, 0) is 20.8 Å². The quantitative estimate of drug-likeness (QED) is 0.487. The van der Waals surface area contributed by atoms with Crippen LogP contribution in [0.2, 0.25) is 0 Å². The molecule has 0 radical (unpaired) electrons. The zero-order valence-electron chi connectivity index (χ0n) is 9.23. The zero-order valence-corrected chi connectivity index (χ0v) is 9.23. The summed E-state index contributed by atoms with van der Waals surface area (Å²) in [6.07, 6.45) is 6.20. The molecule has 0 fully saturated rings. The van der Waals surface area contributed by atoms with Gasteiger partial charge in [0, 0.05) is 0 Å². The van der Waals surface area contributed by atoms with Gasteiger partial charge in [-0.3, -0.25) is 0 Å². The summed E-state index contributed by atoms with van der Waals surface area (Å²) in [7, 11) is 0. The summed E-state index contributed by atoms with van der Waals surface area (Å²) in [6.45, 7) is 14.1. The molecule has 0 heteroatoms. The van der Waals surface area contributed by atoms with E-state index >= 15 is 0 Å². The maximum Gasteiger partial charge on any atom is -0.0401 e. The van der Waals surface area contributed by atoms with Crippen LogP contribution in [0.15, 0.2) is 23.8 Å². The Balaban J connectivity index is -0.000000138. The molecule has 0 nitrogen and oxygen atoms in total. The van der Waals surface area contributed by atoms with E-state index in [-0.39, 0.29) is 0 Å². The normalized spacial score (nSPS) is 9.55. The van der Waals surface area contributed by atoms with E-state index in [4.69, 9.17) is 0 Å². The van der Waals surface area contributed by atoms with Crippen molar-refractivity contribution >= 4 is 0 Å². The van der Waals surface area contributed by atoms with Crippen molar-refractivity contribution in [3.8, 4) is 0 Å². The second-order valence-electron chi connectivity index (χ2n) is 1.53. The number of allylic oxidation sites excluding steroid dienone is 4. The fourth-order valence-electron chi connectivity index (χ4n) is 0.359. The van der Waals surface area contributed by atoms with E-state index in [1.54, 1.807) is 0 Å². The second kappa shape index (κ2) is 22.7. The Morgan fingerprint density at radius 2 is 1.27 bits per heavy atom. The SMILES string of the molecule is C/C=C\C(C)=C/C.CC.CC. The molecule has 0 rings (SSSR count). The Morgan fingerprint density at radius 3 is 1.36 bits per heavy atom. The van der Waals surface area contributed by atoms with Crippen LogP contribution in [0.1, 0.15) is 48.5 Å². The lowest BCUT2D eigenvalue weighted by atomic mass is 10.3. The molecule has 0 aliphatic carbocycles. The van der Waals surface area contributed by atoms with Gasteiger partial charge in [0.15, 0.2) is 0 Å². The standard InChI is InChI=1S/C7H12.2C2H6/c1-4-6-7(3)5-2;2*1-2/h4-6H,1-3H3;2*1-2H3/b6-4-,7-5-;;. The highest BCUT2D eigenvalue weighted by molar-refractivity contribution is 5.13. The Hall–Kier alpha value is -0.520. The molecule has 0 amide bonds. The van der Waals surface area contributed by atoms with Gasteiger partial charge in [-0.2, -0.15) is 0 Å². The van der Waals surface area contributed by atoms with E-state index in [0.29, 0.717) is 0 Å². The minimum Gasteiger partial charge on any atom is -0.0874 e. The molecule has 0 heterocycles. The van der Waals surface area contributed by atoms with Crippen LogP contribution in [0.4, 0.5) is 0 Å². The number of rotatable bonds is 1. The molecule has 11 heavy (non-hydrogen) atoms. The predicted molar refractivity (Wildman–Crippen MR) is 56.9 cm³/mol. The third kappa shape index (κ3) is 26.4. The van der Waals surface area contributed by atoms with Crippen molar-refractivity contribution < 1.29 is 0 Å². The van der Waals surface area contributed by atoms with Gasteiger partial charge < -0.3 is 0 Å². The molecular formula is C11H24. The largest absolute Gasteiger partial charge is 0.0874 e. The molecule has 68 valence electrons. The van der Waals surface area contributed by atoms with Gasteiger partial charge in [0.2, 0.25) is 0 Å². The topological polar surface area (TPSA) is 0 Å². The summed E-state index contributed by atoms with van der Waals surface area (Å²) in [4.78, 5) is 0. The van der Waals surface area contributed by atoms with E-state index in [9.17, 15) is 0 Å². The summed E-state index contributed by atoms with van der Waals surface area (Å²) >= 11 is 0. The van der Waals surface area contributed by atoms with Crippen molar-refractivity contribution in [2.75, 3.05) is 0 Å². The fourth-order valence-corrected chi connectivity index (χ4v) is 0.359. The molecule has 0 aromatic rings. The molecule has 0 aromatic heterocycles. The summed E-state index contributed by atoms with van der Waals surface area (Å²) in [5.41, 5.74) is 1.32. The summed E-state index contributed by atoms with van der Waals surface area (Å²) in [6, 6.07) is 0. The van der Waals surface area contributed by atoms with E-state index in [1.165, 1.54) is 5.57 Å². The number of hydrogen-bond acceptors (Lipinski definition) is 0. The molecule has 0 aromatic carbocycles. The van der Waals surface area contributed by atoms with Gasteiger partial charge in [-0.15, -0.1) is 0 Å². The van der Waals surface area contributed by atoms with Crippen molar-refractivity contribution in [1.82, 2.24) is 0 Å². The van der Waals surface area contributed by atoms with Crippen LogP contribution in [0.25, 0.3) is 0 Å². The first kappa shape index (κ1) is 16.8. The van der Waals surface area contributed by atoms with E-state index in [0.717, 1.165) is 0 Å². The van der Waals surface area contributed by atoms with Crippen LogP contribution in [-0.2, 0) is 0 Å². The van der Waals surface area contributed by atoms with E-state index in [1.807, 2.05) is 47.6 Å². The molecular weight excluding hydrogens is 132 g/mol. The zero-order chi connectivity index (χ0) is 9.70. The lowest BCUT2D eigenvalue weighted by Gasteiger charge is -1.81. The van der Waals surface area contributed by atoms with Crippen LogP contribution < -0.4 is 0 Å². The number of hydrogen-bond donors (Lipinski definition) is 0. The summed E-state index contributed by atoms with van der Waals surface area (Å²) in [5, 5.41) is 0. The third-order valence-corrected chi connectivity index (χ3v) is 0.885. The van der Waals surface area contributed by atoms with Crippen molar-refractivity contribution in [3.05, 3.63) is 23.8 Å². The van der Waals surface area contributed by atoms with Crippen LogP contribution in [-0.4, -0.2) is 0 Å². The highest BCUT2D eigenvalue weighted by Gasteiger charge is 1.69.